The minimum absolute atomic E-state index is 0.0924. The number of aryl methyl sites for hydroxylation is 2. The van der Waals surface area contributed by atoms with E-state index < -0.39 is 0 Å². The van der Waals surface area contributed by atoms with Gasteiger partial charge < -0.3 is 5.32 Å². The second-order valence-corrected chi connectivity index (χ2v) is 8.20. The number of hydrogen-bond donors (Lipinski definition) is 1. The van der Waals surface area contributed by atoms with E-state index in [0.717, 1.165) is 33.9 Å². The Morgan fingerprint density at radius 2 is 1.83 bits per heavy atom. The van der Waals surface area contributed by atoms with Gasteiger partial charge in [-0.2, -0.15) is 4.98 Å². The van der Waals surface area contributed by atoms with Crippen LogP contribution in [0.5, 0.6) is 0 Å². The molecule has 0 atom stereocenters. The number of fused-ring (bicyclic) bond motifs is 2. The standard InChI is InChI=1S/C22H18N6OS/c1-13-11-14(2)28-22(23-13)26-20(27-28)21(29)24-16-9-7-15(8-10-16)12-19-25-17-5-3-4-6-18(17)30-19/h3-11H,12H2,1-2H3,(H,24,29). The van der Waals surface area contributed by atoms with Crippen molar-refractivity contribution in [1.82, 2.24) is 24.6 Å². The fourth-order valence-corrected chi connectivity index (χ4v) is 4.33. The third kappa shape index (κ3) is 3.53. The van der Waals surface area contributed by atoms with E-state index >= 15 is 0 Å². The zero-order valence-electron chi connectivity index (χ0n) is 16.5. The third-order valence-corrected chi connectivity index (χ3v) is 5.76. The van der Waals surface area contributed by atoms with Crippen molar-refractivity contribution in [1.29, 1.82) is 0 Å². The molecule has 0 fully saturated rings. The first kappa shape index (κ1) is 18.4. The molecule has 148 valence electrons. The largest absolute Gasteiger partial charge is 0.319 e. The zero-order valence-corrected chi connectivity index (χ0v) is 17.3. The lowest BCUT2D eigenvalue weighted by molar-refractivity contribution is 0.101. The number of hydrogen-bond acceptors (Lipinski definition) is 6. The highest BCUT2D eigenvalue weighted by atomic mass is 32.1. The number of anilines is 1. The van der Waals surface area contributed by atoms with Crippen molar-refractivity contribution >= 4 is 38.9 Å². The van der Waals surface area contributed by atoms with Crippen molar-refractivity contribution in [3.8, 4) is 0 Å². The van der Waals surface area contributed by atoms with Gasteiger partial charge in [0.2, 0.25) is 5.82 Å². The van der Waals surface area contributed by atoms with Crippen LogP contribution in [0.2, 0.25) is 0 Å². The number of aromatic nitrogens is 5. The molecule has 0 unspecified atom stereocenters. The number of thiazole rings is 1. The Morgan fingerprint density at radius 1 is 1.03 bits per heavy atom. The Kier molecular flexibility index (Phi) is 4.48. The van der Waals surface area contributed by atoms with Gasteiger partial charge in [-0.25, -0.2) is 14.5 Å². The summed E-state index contributed by atoms with van der Waals surface area (Å²) < 4.78 is 2.76. The van der Waals surface area contributed by atoms with Crippen LogP contribution < -0.4 is 5.32 Å². The molecule has 0 spiro atoms. The molecule has 0 bridgehead atoms. The van der Waals surface area contributed by atoms with Gasteiger partial charge in [0, 0.05) is 23.5 Å². The molecule has 0 aliphatic rings. The quantitative estimate of drug-likeness (QED) is 0.477. The zero-order chi connectivity index (χ0) is 20.7. The number of amides is 1. The molecule has 1 N–H and O–H groups in total. The van der Waals surface area contributed by atoms with Crippen molar-refractivity contribution in [3.63, 3.8) is 0 Å². The molecule has 0 saturated carbocycles. The first-order valence-electron chi connectivity index (χ1n) is 9.51. The van der Waals surface area contributed by atoms with Gasteiger partial charge in [-0.05, 0) is 49.7 Å². The fraction of sp³-hybridized carbons (Fsp3) is 0.136. The van der Waals surface area contributed by atoms with Crippen LogP contribution in [0, 0.1) is 13.8 Å². The molecule has 5 rings (SSSR count). The van der Waals surface area contributed by atoms with E-state index in [-0.39, 0.29) is 11.7 Å². The minimum atomic E-state index is -0.364. The summed E-state index contributed by atoms with van der Waals surface area (Å²) in [5.74, 6) is 0.148. The molecule has 2 aromatic carbocycles. The summed E-state index contributed by atoms with van der Waals surface area (Å²) in [6.07, 6.45) is 0.756. The fourth-order valence-electron chi connectivity index (χ4n) is 3.33. The average Bonchev–Trinajstić information content (AvgIpc) is 3.33. The van der Waals surface area contributed by atoms with Crippen LogP contribution in [0.3, 0.4) is 0 Å². The average molecular weight is 414 g/mol. The van der Waals surface area contributed by atoms with Gasteiger partial charge in [-0.3, -0.25) is 4.79 Å². The lowest BCUT2D eigenvalue weighted by Crippen LogP contribution is -2.14. The highest BCUT2D eigenvalue weighted by Gasteiger charge is 2.15. The topological polar surface area (TPSA) is 85.1 Å². The maximum absolute atomic E-state index is 12.6. The Morgan fingerprint density at radius 3 is 2.63 bits per heavy atom. The molecular formula is C22H18N6OS. The van der Waals surface area contributed by atoms with Crippen LogP contribution in [0.15, 0.2) is 54.6 Å². The van der Waals surface area contributed by atoms with Gasteiger partial charge >= 0.3 is 0 Å². The van der Waals surface area contributed by atoms with Crippen LogP contribution in [-0.2, 0) is 6.42 Å². The molecule has 1 amide bonds. The predicted molar refractivity (Wildman–Crippen MR) is 117 cm³/mol. The summed E-state index contributed by atoms with van der Waals surface area (Å²) in [5.41, 5.74) is 4.56. The van der Waals surface area contributed by atoms with Crippen LogP contribution in [0.25, 0.3) is 16.0 Å². The molecule has 0 aliphatic carbocycles. The summed E-state index contributed by atoms with van der Waals surface area (Å²) in [7, 11) is 0. The number of carbonyl (C=O) groups excluding carboxylic acids is 1. The predicted octanol–water partition coefficient (Wildman–Crippen LogP) is 4.19. The number of carbonyl (C=O) groups is 1. The van der Waals surface area contributed by atoms with Gasteiger partial charge in [0.25, 0.3) is 11.7 Å². The number of nitrogens with one attached hydrogen (secondary N) is 1. The van der Waals surface area contributed by atoms with Crippen molar-refractivity contribution in [2.24, 2.45) is 0 Å². The van der Waals surface area contributed by atoms with Gasteiger partial charge in [-0.1, -0.05) is 24.3 Å². The van der Waals surface area contributed by atoms with E-state index in [0.29, 0.717) is 11.5 Å². The van der Waals surface area contributed by atoms with Gasteiger partial charge in [-0.15, -0.1) is 16.4 Å². The second kappa shape index (κ2) is 7.31. The molecule has 3 heterocycles. The van der Waals surface area contributed by atoms with Crippen LogP contribution in [0.4, 0.5) is 5.69 Å². The van der Waals surface area contributed by atoms with Gasteiger partial charge in [0.05, 0.1) is 15.2 Å². The van der Waals surface area contributed by atoms with Crippen LogP contribution in [-0.4, -0.2) is 30.5 Å². The molecular weight excluding hydrogens is 396 g/mol. The van der Waals surface area contributed by atoms with Gasteiger partial charge in [0.15, 0.2) is 0 Å². The monoisotopic (exact) mass is 414 g/mol. The van der Waals surface area contributed by atoms with Crippen molar-refractivity contribution in [2.45, 2.75) is 20.3 Å². The highest BCUT2D eigenvalue weighted by molar-refractivity contribution is 7.18. The second-order valence-electron chi connectivity index (χ2n) is 7.09. The third-order valence-electron chi connectivity index (χ3n) is 4.73. The maximum atomic E-state index is 12.6. The Balaban J connectivity index is 1.30. The van der Waals surface area contributed by atoms with Crippen LogP contribution >= 0.6 is 11.3 Å². The molecule has 5 aromatic rings. The number of para-hydroxylation sites is 1. The van der Waals surface area contributed by atoms with E-state index in [2.05, 4.69) is 31.4 Å². The van der Waals surface area contributed by atoms with E-state index in [4.69, 9.17) is 0 Å². The molecule has 30 heavy (non-hydrogen) atoms. The van der Waals surface area contributed by atoms with E-state index in [1.165, 1.54) is 4.70 Å². The van der Waals surface area contributed by atoms with E-state index in [1.807, 2.05) is 62.4 Å². The molecule has 0 aliphatic heterocycles. The highest BCUT2D eigenvalue weighted by Crippen LogP contribution is 2.24. The summed E-state index contributed by atoms with van der Waals surface area (Å²) in [5, 5.41) is 8.18. The van der Waals surface area contributed by atoms with Gasteiger partial charge in [0.1, 0.15) is 0 Å². The molecule has 3 aromatic heterocycles. The van der Waals surface area contributed by atoms with E-state index in [1.54, 1.807) is 15.9 Å². The normalized spacial score (nSPS) is 11.3. The van der Waals surface area contributed by atoms with Crippen molar-refractivity contribution in [3.05, 3.63) is 82.4 Å². The summed E-state index contributed by atoms with van der Waals surface area (Å²) in [6.45, 7) is 3.79. The Labute approximate surface area is 176 Å². The summed E-state index contributed by atoms with van der Waals surface area (Å²) >= 11 is 1.70. The molecule has 7 nitrogen and oxygen atoms in total. The Bertz CT molecular complexity index is 1350. The summed E-state index contributed by atoms with van der Waals surface area (Å²) in [4.78, 5) is 25.8. The number of rotatable bonds is 4. The number of benzene rings is 2. The molecule has 8 heteroatoms. The lowest BCUT2D eigenvalue weighted by Gasteiger charge is -2.04. The van der Waals surface area contributed by atoms with Crippen LogP contribution in [0.1, 0.15) is 32.6 Å². The molecule has 0 saturated heterocycles. The smallest absolute Gasteiger partial charge is 0.295 e. The molecule has 0 radical (unpaired) electrons. The van der Waals surface area contributed by atoms with Crippen molar-refractivity contribution < 1.29 is 4.79 Å². The summed E-state index contributed by atoms with van der Waals surface area (Å²) in [6, 6.07) is 17.8. The minimum Gasteiger partial charge on any atom is -0.319 e. The number of nitrogens with zero attached hydrogens (tertiary/aromatic N) is 5. The van der Waals surface area contributed by atoms with E-state index in [9.17, 15) is 4.79 Å². The SMILES string of the molecule is Cc1cc(C)n2nc(C(=O)Nc3ccc(Cc4nc5ccccc5s4)cc3)nc2n1. The Hall–Kier alpha value is -3.65. The first-order chi connectivity index (χ1) is 14.5. The maximum Gasteiger partial charge on any atom is 0.295 e. The van der Waals surface area contributed by atoms with Crippen molar-refractivity contribution in [2.75, 3.05) is 5.32 Å². The first-order valence-corrected chi connectivity index (χ1v) is 10.3. The lowest BCUT2D eigenvalue weighted by atomic mass is 10.1.